The molecular formula is C23H20ClNO. The third kappa shape index (κ3) is 4.22. The minimum Gasteiger partial charge on any atom is -0.322 e. The fraction of sp³-hybridized carbons (Fsp3) is 0.0870. The third-order valence-electron chi connectivity index (χ3n) is 4.30. The first-order valence-electron chi connectivity index (χ1n) is 8.45. The van der Waals surface area contributed by atoms with Crippen LogP contribution in [0.5, 0.6) is 0 Å². The van der Waals surface area contributed by atoms with Gasteiger partial charge in [0.2, 0.25) is 0 Å². The number of rotatable bonds is 4. The average Bonchev–Trinajstić information content (AvgIpc) is 2.64. The molecule has 0 aromatic heterocycles. The van der Waals surface area contributed by atoms with Crippen LogP contribution in [-0.4, -0.2) is 5.91 Å². The lowest BCUT2D eigenvalue weighted by Crippen LogP contribution is -2.14. The Bertz CT molecular complexity index is 961. The van der Waals surface area contributed by atoms with Gasteiger partial charge in [-0.05, 0) is 60.4 Å². The number of hydrogen-bond donors (Lipinski definition) is 1. The zero-order valence-corrected chi connectivity index (χ0v) is 15.5. The molecule has 0 radical (unpaired) electrons. The smallest absolute Gasteiger partial charge is 0.256 e. The fourth-order valence-electron chi connectivity index (χ4n) is 2.66. The first-order chi connectivity index (χ1) is 12.5. The molecule has 0 atom stereocenters. The van der Waals surface area contributed by atoms with E-state index in [2.05, 4.69) is 5.32 Å². The highest BCUT2D eigenvalue weighted by Gasteiger charge is 2.13. The summed E-state index contributed by atoms with van der Waals surface area (Å²) in [6, 6.07) is 23.0. The Morgan fingerprint density at radius 1 is 0.885 bits per heavy atom. The van der Waals surface area contributed by atoms with E-state index in [0.29, 0.717) is 10.6 Å². The number of carbonyl (C=O) groups is 1. The lowest BCUT2D eigenvalue weighted by atomic mass is 10.0. The normalized spacial score (nSPS) is 11.3. The van der Waals surface area contributed by atoms with Crippen LogP contribution in [-0.2, 0) is 4.79 Å². The summed E-state index contributed by atoms with van der Waals surface area (Å²) >= 11 is 6.28. The lowest BCUT2D eigenvalue weighted by molar-refractivity contribution is -0.111. The van der Waals surface area contributed by atoms with Crippen molar-refractivity contribution in [1.82, 2.24) is 0 Å². The summed E-state index contributed by atoms with van der Waals surface area (Å²) in [5.41, 5.74) is 5.32. The molecule has 0 aliphatic heterocycles. The maximum absolute atomic E-state index is 13.0. The molecule has 1 amide bonds. The molecule has 0 saturated heterocycles. The molecule has 0 aliphatic carbocycles. The van der Waals surface area contributed by atoms with Gasteiger partial charge in [-0.15, -0.1) is 0 Å². The number of halogens is 1. The van der Waals surface area contributed by atoms with Gasteiger partial charge in [-0.3, -0.25) is 4.79 Å². The van der Waals surface area contributed by atoms with Gasteiger partial charge in [-0.25, -0.2) is 0 Å². The van der Waals surface area contributed by atoms with Crippen molar-refractivity contribution in [3.8, 4) is 0 Å². The molecule has 0 heterocycles. The molecule has 0 fully saturated rings. The van der Waals surface area contributed by atoms with Crippen LogP contribution in [0.15, 0.2) is 72.8 Å². The molecule has 0 aliphatic rings. The third-order valence-corrected chi connectivity index (χ3v) is 4.64. The number of amides is 1. The number of hydrogen-bond acceptors (Lipinski definition) is 1. The molecule has 130 valence electrons. The highest BCUT2D eigenvalue weighted by molar-refractivity contribution is 6.34. The Hall–Kier alpha value is -2.84. The Labute approximate surface area is 159 Å². The molecule has 1 N–H and O–H groups in total. The summed E-state index contributed by atoms with van der Waals surface area (Å²) in [6.07, 6.45) is 1.83. The molecule has 0 bridgehead atoms. The van der Waals surface area contributed by atoms with Gasteiger partial charge in [-0.2, -0.15) is 0 Å². The van der Waals surface area contributed by atoms with Crippen LogP contribution in [0.4, 0.5) is 5.69 Å². The Balaban J connectivity index is 1.99. The van der Waals surface area contributed by atoms with Crippen molar-refractivity contribution in [2.24, 2.45) is 0 Å². The molecule has 3 rings (SSSR count). The van der Waals surface area contributed by atoms with Crippen molar-refractivity contribution in [2.75, 3.05) is 5.32 Å². The van der Waals surface area contributed by atoms with E-state index in [-0.39, 0.29) is 5.91 Å². The van der Waals surface area contributed by atoms with Crippen LogP contribution in [0.1, 0.15) is 22.3 Å². The first kappa shape index (κ1) is 18.0. The molecule has 3 heteroatoms. The largest absolute Gasteiger partial charge is 0.322 e. The van der Waals surface area contributed by atoms with E-state index < -0.39 is 0 Å². The molecule has 3 aromatic carbocycles. The molecule has 2 nitrogen and oxygen atoms in total. The topological polar surface area (TPSA) is 29.1 Å². The summed E-state index contributed by atoms with van der Waals surface area (Å²) in [4.78, 5) is 13.0. The highest BCUT2D eigenvalue weighted by atomic mass is 35.5. The van der Waals surface area contributed by atoms with Crippen LogP contribution in [0, 0.1) is 13.8 Å². The quantitative estimate of drug-likeness (QED) is 0.439. The molecule has 3 aromatic rings. The fourth-order valence-corrected chi connectivity index (χ4v) is 2.85. The Morgan fingerprint density at radius 3 is 2.27 bits per heavy atom. The van der Waals surface area contributed by atoms with Crippen LogP contribution in [0.2, 0.25) is 5.02 Å². The van der Waals surface area contributed by atoms with E-state index in [0.717, 1.165) is 22.4 Å². The number of aryl methyl sites for hydroxylation is 2. The highest BCUT2D eigenvalue weighted by Crippen LogP contribution is 2.25. The number of benzene rings is 3. The van der Waals surface area contributed by atoms with Crippen molar-refractivity contribution < 1.29 is 4.79 Å². The first-order valence-corrected chi connectivity index (χ1v) is 8.82. The van der Waals surface area contributed by atoms with Gasteiger partial charge in [0.05, 0.1) is 0 Å². The number of carbonyl (C=O) groups excluding carboxylic acids is 1. The summed E-state index contributed by atoms with van der Waals surface area (Å²) in [6.45, 7) is 4.08. The number of anilines is 1. The zero-order chi connectivity index (χ0) is 18.5. The second-order valence-electron chi connectivity index (χ2n) is 6.20. The van der Waals surface area contributed by atoms with Crippen LogP contribution in [0.3, 0.4) is 0 Å². The van der Waals surface area contributed by atoms with E-state index in [9.17, 15) is 4.79 Å². The maximum Gasteiger partial charge on any atom is 0.256 e. The SMILES string of the molecule is Cc1ccc(NC(=O)/C(=C/c2ccccc2Cl)c2ccccc2)cc1C. The standard InChI is InChI=1S/C23H20ClNO/c1-16-12-13-20(14-17(16)2)25-23(26)21(18-8-4-3-5-9-18)15-19-10-6-7-11-22(19)24/h3-15H,1-2H3,(H,25,26)/b21-15+. The van der Waals surface area contributed by atoms with Crippen molar-refractivity contribution in [2.45, 2.75) is 13.8 Å². The minimum absolute atomic E-state index is 0.167. The van der Waals surface area contributed by atoms with E-state index in [1.165, 1.54) is 5.56 Å². The van der Waals surface area contributed by atoms with Gasteiger partial charge in [-0.1, -0.05) is 66.2 Å². The number of nitrogens with one attached hydrogen (secondary N) is 1. The van der Waals surface area contributed by atoms with E-state index in [1.807, 2.05) is 92.7 Å². The van der Waals surface area contributed by atoms with Gasteiger partial charge in [0, 0.05) is 16.3 Å². The van der Waals surface area contributed by atoms with Crippen LogP contribution >= 0.6 is 11.6 Å². The predicted octanol–water partition coefficient (Wildman–Crippen LogP) is 6.14. The van der Waals surface area contributed by atoms with E-state index in [1.54, 1.807) is 0 Å². The van der Waals surface area contributed by atoms with E-state index in [4.69, 9.17) is 11.6 Å². The Morgan fingerprint density at radius 2 is 1.58 bits per heavy atom. The zero-order valence-electron chi connectivity index (χ0n) is 14.8. The van der Waals surface area contributed by atoms with Crippen molar-refractivity contribution in [3.63, 3.8) is 0 Å². The van der Waals surface area contributed by atoms with Gasteiger partial charge in [0.1, 0.15) is 0 Å². The molecule has 0 unspecified atom stereocenters. The van der Waals surface area contributed by atoms with Gasteiger partial charge >= 0.3 is 0 Å². The van der Waals surface area contributed by atoms with Crippen LogP contribution in [0.25, 0.3) is 11.6 Å². The maximum atomic E-state index is 13.0. The summed E-state index contributed by atoms with van der Waals surface area (Å²) in [7, 11) is 0. The summed E-state index contributed by atoms with van der Waals surface area (Å²) in [5, 5.41) is 3.61. The van der Waals surface area contributed by atoms with Crippen molar-refractivity contribution in [3.05, 3.63) is 100 Å². The Kier molecular flexibility index (Phi) is 5.55. The minimum atomic E-state index is -0.167. The molecule has 0 spiro atoms. The molecule has 26 heavy (non-hydrogen) atoms. The lowest BCUT2D eigenvalue weighted by Gasteiger charge is -2.11. The van der Waals surface area contributed by atoms with Crippen molar-refractivity contribution >= 4 is 34.8 Å². The van der Waals surface area contributed by atoms with Crippen molar-refractivity contribution in [1.29, 1.82) is 0 Å². The monoisotopic (exact) mass is 361 g/mol. The predicted molar refractivity (Wildman–Crippen MR) is 110 cm³/mol. The molecular weight excluding hydrogens is 342 g/mol. The second kappa shape index (κ2) is 8.03. The summed E-state index contributed by atoms with van der Waals surface area (Å²) in [5.74, 6) is -0.167. The van der Waals surface area contributed by atoms with Gasteiger partial charge < -0.3 is 5.32 Å². The van der Waals surface area contributed by atoms with Crippen LogP contribution < -0.4 is 5.32 Å². The second-order valence-corrected chi connectivity index (χ2v) is 6.61. The molecule has 0 saturated carbocycles. The van der Waals surface area contributed by atoms with Gasteiger partial charge in [0.25, 0.3) is 5.91 Å². The van der Waals surface area contributed by atoms with Gasteiger partial charge in [0.15, 0.2) is 0 Å². The summed E-state index contributed by atoms with van der Waals surface area (Å²) < 4.78 is 0. The van der Waals surface area contributed by atoms with E-state index >= 15 is 0 Å². The average molecular weight is 362 g/mol.